The summed E-state index contributed by atoms with van der Waals surface area (Å²) in [4.78, 5) is 13.9. The number of rotatable bonds is 5. The van der Waals surface area contributed by atoms with E-state index in [-0.39, 0.29) is 0 Å². The molecule has 0 saturated carbocycles. The van der Waals surface area contributed by atoms with Crippen molar-refractivity contribution < 1.29 is 9.53 Å². The zero-order valence-electron chi connectivity index (χ0n) is 15.2. The lowest BCUT2D eigenvalue weighted by atomic mass is 10.2. The van der Waals surface area contributed by atoms with Gasteiger partial charge < -0.3 is 25.6 Å². The van der Waals surface area contributed by atoms with Crippen LogP contribution in [0.15, 0.2) is 24.3 Å². The molecule has 0 aliphatic carbocycles. The van der Waals surface area contributed by atoms with E-state index in [1.807, 2.05) is 32.9 Å². The third-order valence-corrected chi connectivity index (χ3v) is 3.92. The first-order valence-electron chi connectivity index (χ1n) is 8.70. The van der Waals surface area contributed by atoms with E-state index >= 15 is 0 Å². The lowest BCUT2D eigenvalue weighted by Crippen LogP contribution is -2.39. The third kappa shape index (κ3) is 7.17. The van der Waals surface area contributed by atoms with Crippen molar-refractivity contribution in [2.24, 2.45) is 0 Å². The third-order valence-electron chi connectivity index (χ3n) is 3.68. The molecule has 1 saturated heterocycles. The molecular weight excluding hydrogens is 336 g/mol. The highest BCUT2D eigenvalue weighted by Gasteiger charge is 2.15. The Bertz CT molecular complexity index is 578. The summed E-state index contributed by atoms with van der Waals surface area (Å²) in [6.45, 7) is 8.73. The molecule has 2 rings (SSSR count). The predicted octanol–water partition coefficient (Wildman–Crippen LogP) is 3.10. The van der Waals surface area contributed by atoms with Crippen LogP contribution in [0.1, 0.15) is 33.6 Å². The molecule has 0 radical (unpaired) electrons. The number of carbonyl (C=O) groups excluding carboxylic acids is 1. The minimum absolute atomic E-state index is 0.425. The number of nitrogens with zero attached hydrogens (tertiary/aromatic N) is 1. The van der Waals surface area contributed by atoms with Crippen LogP contribution in [0.4, 0.5) is 16.2 Å². The minimum Gasteiger partial charge on any atom is -0.444 e. The molecule has 1 aromatic rings. The second-order valence-corrected chi connectivity index (χ2v) is 7.46. The minimum atomic E-state index is -0.490. The van der Waals surface area contributed by atoms with Crippen LogP contribution < -0.4 is 20.9 Å². The lowest BCUT2D eigenvalue weighted by Gasteiger charge is -2.20. The van der Waals surface area contributed by atoms with Crippen LogP contribution in [0, 0.1) is 0 Å². The molecule has 0 spiro atoms. The van der Waals surface area contributed by atoms with Gasteiger partial charge in [-0.1, -0.05) is 0 Å². The van der Waals surface area contributed by atoms with Gasteiger partial charge in [-0.3, -0.25) is 0 Å². The second kappa shape index (κ2) is 8.89. The number of anilines is 2. The molecular formula is C18H28N4O2S. The van der Waals surface area contributed by atoms with E-state index in [1.54, 1.807) is 0 Å². The number of hydrogen-bond acceptors (Lipinski definition) is 4. The fraction of sp³-hybridized carbons (Fsp3) is 0.556. The Labute approximate surface area is 155 Å². The standard InChI is InChI=1S/C18H28N4O2S/c1-18(2,3)24-17(23)20-11-10-19-16(25)21-14-6-8-15(9-7-14)22-12-4-5-13-22/h6-9H,4-5,10-13H2,1-3H3,(H,20,23)(H2,19,21,25). The van der Waals surface area contributed by atoms with Crippen LogP contribution in [0.5, 0.6) is 0 Å². The van der Waals surface area contributed by atoms with Crippen molar-refractivity contribution in [1.29, 1.82) is 0 Å². The van der Waals surface area contributed by atoms with Crippen molar-refractivity contribution in [1.82, 2.24) is 10.6 Å². The van der Waals surface area contributed by atoms with Gasteiger partial charge in [-0.15, -0.1) is 0 Å². The maximum Gasteiger partial charge on any atom is 0.407 e. The molecule has 1 heterocycles. The largest absolute Gasteiger partial charge is 0.444 e. The molecule has 3 N–H and O–H groups in total. The molecule has 1 aliphatic heterocycles. The average molecular weight is 365 g/mol. The maximum atomic E-state index is 11.5. The van der Waals surface area contributed by atoms with Crippen molar-refractivity contribution >= 4 is 34.8 Å². The Balaban J connectivity index is 1.65. The highest BCUT2D eigenvalue weighted by Crippen LogP contribution is 2.21. The first-order chi connectivity index (χ1) is 11.8. The monoisotopic (exact) mass is 364 g/mol. The number of ether oxygens (including phenoxy) is 1. The molecule has 138 valence electrons. The summed E-state index contributed by atoms with van der Waals surface area (Å²) >= 11 is 5.27. The van der Waals surface area contributed by atoms with E-state index in [0.717, 1.165) is 18.8 Å². The molecule has 0 unspecified atom stereocenters. The Morgan fingerprint density at radius 3 is 2.32 bits per heavy atom. The van der Waals surface area contributed by atoms with Gasteiger partial charge in [0.1, 0.15) is 5.60 Å². The zero-order chi connectivity index (χ0) is 18.3. The average Bonchev–Trinajstić information content (AvgIpc) is 3.05. The Kier molecular flexibility index (Phi) is 6.87. The summed E-state index contributed by atoms with van der Waals surface area (Å²) in [6.07, 6.45) is 2.11. The van der Waals surface area contributed by atoms with E-state index < -0.39 is 11.7 Å². The van der Waals surface area contributed by atoms with Gasteiger partial charge in [0, 0.05) is 37.6 Å². The Morgan fingerprint density at radius 2 is 1.72 bits per heavy atom. The number of amides is 1. The molecule has 1 aromatic carbocycles. The van der Waals surface area contributed by atoms with Crippen molar-refractivity contribution in [2.75, 3.05) is 36.4 Å². The molecule has 0 atom stereocenters. The van der Waals surface area contributed by atoms with Gasteiger partial charge in [0.15, 0.2) is 5.11 Å². The number of nitrogens with one attached hydrogen (secondary N) is 3. The van der Waals surface area contributed by atoms with Gasteiger partial charge in [-0.05, 0) is 70.1 Å². The normalized spacial score (nSPS) is 14.1. The smallest absolute Gasteiger partial charge is 0.407 e. The van der Waals surface area contributed by atoms with E-state index in [9.17, 15) is 4.79 Å². The summed E-state index contributed by atoms with van der Waals surface area (Å²) in [5.41, 5.74) is 1.71. The highest BCUT2D eigenvalue weighted by atomic mass is 32.1. The van der Waals surface area contributed by atoms with Crippen molar-refractivity contribution in [3.8, 4) is 0 Å². The number of hydrogen-bond donors (Lipinski definition) is 3. The summed E-state index contributed by atoms with van der Waals surface area (Å²) in [7, 11) is 0. The number of thiocarbonyl (C=S) groups is 1. The predicted molar refractivity (Wildman–Crippen MR) is 106 cm³/mol. The van der Waals surface area contributed by atoms with Gasteiger partial charge >= 0.3 is 6.09 Å². The van der Waals surface area contributed by atoms with Gasteiger partial charge in [0.05, 0.1) is 0 Å². The van der Waals surface area contributed by atoms with Crippen molar-refractivity contribution in [3.05, 3.63) is 24.3 Å². The van der Waals surface area contributed by atoms with Crippen LogP contribution in [0.25, 0.3) is 0 Å². The Hall–Kier alpha value is -2.02. The number of alkyl carbamates (subject to hydrolysis) is 1. The van der Waals surface area contributed by atoms with Crippen LogP contribution in [0.3, 0.4) is 0 Å². The molecule has 0 bridgehead atoms. The van der Waals surface area contributed by atoms with Gasteiger partial charge in [0.25, 0.3) is 0 Å². The first kappa shape index (κ1) is 19.3. The molecule has 6 nitrogen and oxygen atoms in total. The molecule has 25 heavy (non-hydrogen) atoms. The lowest BCUT2D eigenvalue weighted by molar-refractivity contribution is 0.0529. The fourth-order valence-electron chi connectivity index (χ4n) is 2.56. The van der Waals surface area contributed by atoms with Crippen molar-refractivity contribution in [2.45, 2.75) is 39.2 Å². The quantitative estimate of drug-likeness (QED) is 0.551. The fourth-order valence-corrected chi connectivity index (χ4v) is 2.78. The highest BCUT2D eigenvalue weighted by molar-refractivity contribution is 7.80. The van der Waals surface area contributed by atoms with Crippen molar-refractivity contribution in [3.63, 3.8) is 0 Å². The number of carbonyl (C=O) groups is 1. The molecule has 0 aromatic heterocycles. The molecule has 1 fully saturated rings. The topological polar surface area (TPSA) is 65.6 Å². The van der Waals surface area contributed by atoms with Gasteiger partial charge in [-0.2, -0.15) is 0 Å². The van der Waals surface area contributed by atoms with E-state index in [4.69, 9.17) is 17.0 Å². The maximum absolute atomic E-state index is 11.5. The van der Waals surface area contributed by atoms with Crippen LogP contribution in [0.2, 0.25) is 0 Å². The summed E-state index contributed by atoms with van der Waals surface area (Å²) in [5, 5.41) is 9.41. The summed E-state index contributed by atoms with van der Waals surface area (Å²) < 4.78 is 5.16. The van der Waals surface area contributed by atoms with E-state index in [2.05, 4.69) is 33.0 Å². The Morgan fingerprint density at radius 1 is 1.12 bits per heavy atom. The van der Waals surface area contributed by atoms with Crippen LogP contribution in [-0.4, -0.2) is 43.0 Å². The number of benzene rings is 1. The van der Waals surface area contributed by atoms with Crippen LogP contribution in [-0.2, 0) is 4.74 Å². The molecule has 1 aliphatic rings. The van der Waals surface area contributed by atoms with Gasteiger partial charge in [0.2, 0.25) is 0 Å². The SMILES string of the molecule is CC(C)(C)OC(=O)NCCNC(=S)Nc1ccc(N2CCCC2)cc1. The second-order valence-electron chi connectivity index (χ2n) is 7.05. The first-order valence-corrected chi connectivity index (χ1v) is 9.11. The molecule has 1 amide bonds. The molecule has 7 heteroatoms. The van der Waals surface area contributed by atoms with E-state index in [1.165, 1.54) is 18.5 Å². The summed E-state index contributed by atoms with van der Waals surface area (Å²) in [5.74, 6) is 0. The summed E-state index contributed by atoms with van der Waals surface area (Å²) in [6, 6.07) is 8.28. The van der Waals surface area contributed by atoms with Crippen LogP contribution >= 0.6 is 12.2 Å². The van der Waals surface area contributed by atoms with Gasteiger partial charge in [-0.25, -0.2) is 4.79 Å². The van der Waals surface area contributed by atoms with E-state index in [0.29, 0.717) is 18.2 Å². The zero-order valence-corrected chi connectivity index (χ0v) is 16.0.